The summed E-state index contributed by atoms with van der Waals surface area (Å²) in [6.45, 7) is 3.29. The summed E-state index contributed by atoms with van der Waals surface area (Å²) in [6, 6.07) is 4.99. The van der Waals surface area contributed by atoms with Crippen molar-refractivity contribution in [2.45, 2.75) is 32.6 Å². The van der Waals surface area contributed by atoms with Gasteiger partial charge in [-0.1, -0.05) is 31.4 Å². The monoisotopic (exact) mass is 284 g/mol. The number of hydrogen-bond donors (Lipinski definition) is 2. The highest BCUT2D eigenvalue weighted by atomic mass is 35.5. The molecule has 19 heavy (non-hydrogen) atoms. The summed E-state index contributed by atoms with van der Waals surface area (Å²) in [4.78, 5) is 11.7. The van der Waals surface area contributed by atoms with Gasteiger partial charge in [-0.15, -0.1) is 0 Å². The Balaban J connectivity index is 2.23. The molecule has 0 aliphatic rings. The highest BCUT2D eigenvalue weighted by Gasteiger charge is 2.05. The summed E-state index contributed by atoms with van der Waals surface area (Å²) >= 11 is 5.78. The standard InChI is InChI=1S/C14H21ClN2O2/c1-2-3-4-8-19-9-7-14(18)17-13-6-5-11(15)10-12(13)16/h5-6,10H,2-4,7-9,16H2,1H3,(H,17,18). The maximum Gasteiger partial charge on any atom is 0.226 e. The normalized spacial score (nSPS) is 10.4. The van der Waals surface area contributed by atoms with Crippen LogP contribution < -0.4 is 11.1 Å². The molecule has 0 aliphatic carbocycles. The van der Waals surface area contributed by atoms with E-state index in [1.54, 1.807) is 18.2 Å². The Morgan fingerprint density at radius 2 is 2.16 bits per heavy atom. The van der Waals surface area contributed by atoms with E-state index in [9.17, 15) is 4.79 Å². The van der Waals surface area contributed by atoms with Crippen LogP contribution in [0.1, 0.15) is 32.6 Å². The molecule has 0 radical (unpaired) electrons. The van der Waals surface area contributed by atoms with E-state index in [0.29, 0.717) is 36.0 Å². The molecule has 1 aromatic rings. The van der Waals surface area contributed by atoms with Gasteiger partial charge in [-0.3, -0.25) is 4.79 Å². The first-order valence-electron chi connectivity index (χ1n) is 6.56. The van der Waals surface area contributed by atoms with Crippen molar-refractivity contribution in [1.82, 2.24) is 0 Å². The lowest BCUT2D eigenvalue weighted by molar-refractivity contribution is -0.117. The summed E-state index contributed by atoms with van der Waals surface area (Å²) in [7, 11) is 0. The number of carbonyl (C=O) groups excluding carboxylic acids is 1. The Kier molecular flexibility index (Phi) is 7.30. The van der Waals surface area contributed by atoms with Gasteiger partial charge in [0.15, 0.2) is 0 Å². The fourth-order valence-electron chi connectivity index (χ4n) is 1.58. The topological polar surface area (TPSA) is 64.3 Å². The molecule has 0 saturated heterocycles. The number of benzene rings is 1. The molecule has 0 bridgehead atoms. The third-order valence-corrected chi connectivity index (χ3v) is 2.89. The summed E-state index contributed by atoms with van der Waals surface area (Å²) < 4.78 is 5.38. The first kappa shape index (κ1) is 15.8. The average molecular weight is 285 g/mol. The van der Waals surface area contributed by atoms with Crippen molar-refractivity contribution in [3.8, 4) is 0 Å². The molecule has 4 nitrogen and oxygen atoms in total. The smallest absolute Gasteiger partial charge is 0.226 e. The van der Waals surface area contributed by atoms with Gasteiger partial charge in [0.1, 0.15) is 0 Å². The number of rotatable bonds is 8. The van der Waals surface area contributed by atoms with E-state index in [0.717, 1.165) is 12.8 Å². The van der Waals surface area contributed by atoms with Crippen molar-refractivity contribution in [2.24, 2.45) is 0 Å². The van der Waals surface area contributed by atoms with E-state index < -0.39 is 0 Å². The Morgan fingerprint density at radius 3 is 2.84 bits per heavy atom. The number of ether oxygens (including phenoxy) is 1. The Bertz CT molecular complexity index is 410. The molecule has 5 heteroatoms. The molecule has 1 aromatic carbocycles. The molecule has 0 saturated carbocycles. The van der Waals surface area contributed by atoms with E-state index in [1.807, 2.05) is 0 Å². The van der Waals surface area contributed by atoms with Crippen LogP contribution in [0.2, 0.25) is 5.02 Å². The van der Waals surface area contributed by atoms with Crippen molar-refractivity contribution in [2.75, 3.05) is 24.3 Å². The fourth-order valence-corrected chi connectivity index (χ4v) is 1.76. The third-order valence-electron chi connectivity index (χ3n) is 2.65. The molecule has 0 fully saturated rings. The van der Waals surface area contributed by atoms with E-state index in [4.69, 9.17) is 22.1 Å². The van der Waals surface area contributed by atoms with Crippen molar-refractivity contribution < 1.29 is 9.53 Å². The van der Waals surface area contributed by atoms with Crippen LogP contribution in [-0.2, 0) is 9.53 Å². The lowest BCUT2D eigenvalue weighted by atomic mass is 10.2. The van der Waals surface area contributed by atoms with Gasteiger partial charge in [0.05, 0.1) is 24.4 Å². The van der Waals surface area contributed by atoms with Crippen LogP contribution in [0.15, 0.2) is 18.2 Å². The predicted molar refractivity (Wildman–Crippen MR) is 79.5 cm³/mol. The lowest BCUT2D eigenvalue weighted by Gasteiger charge is -2.08. The minimum absolute atomic E-state index is 0.107. The van der Waals surface area contributed by atoms with Gasteiger partial charge >= 0.3 is 0 Å². The van der Waals surface area contributed by atoms with E-state index in [2.05, 4.69) is 12.2 Å². The highest BCUT2D eigenvalue weighted by molar-refractivity contribution is 6.31. The maximum absolute atomic E-state index is 11.7. The second kappa shape index (κ2) is 8.77. The molecule has 0 aliphatic heterocycles. The summed E-state index contributed by atoms with van der Waals surface area (Å²) in [6.07, 6.45) is 3.70. The minimum atomic E-state index is -0.107. The number of hydrogen-bond acceptors (Lipinski definition) is 3. The van der Waals surface area contributed by atoms with Crippen LogP contribution in [-0.4, -0.2) is 19.1 Å². The molecule has 3 N–H and O–H groups in total. The molecule has 1 amide bonds. The fraction of sp³-hybridized carbons (Fsp3) is 0.500. The molecule has 1 rings (SSSR count). The summed E-state index contributed by atoms with van der Waals surface area (Å²) in [5.74, 6) is -0.107. The number of amides is 1. The van der Waals surface area contributed by atoms with E-state index in [1.165, 1.54) is 6.42 Å². The molecule has 0 heterocycles. The van der Waals surface area contributed by atoms with Crippen LogP contribution in [0.3, 0.4) is 0 Å². The lowest BCUT2D eigenvalue weighted by Crippen LogP contribution is -2.15. The molecule has 0 spiro atoms. The predicted octanol–water partition coefficient (Wildman–Crippen LogP) is 3.46. The molecule has 106 valence electrons. The minimum Gasteiger partial charge on any atom is -0.397 e. The Hall–Kier alpha value is -1.26. The van der Waals surface area contributed by atoms with Crippen LogP contribution in [0.5, 0.6) is 0 Å². The van der Waals surface area contributed by atoms with Crippen molar-refractivity contribution in [1.29, 1.82) is 0 Å². The molecule has 0 atom stereocenters. The largest absolute Gasteiger partial charge is 0.397 e. The number of unbranched alkanes of at least 4 members (excludes halogenated alkanes) is 2. The van der Waals surface area contributed by atoms with Crippen molar-refractivity contribution in [3.05, 3.63) is 23.2 Å². The molecule has 0 aromatic heterocycles. The summed E-state index contributed by atoms with van der Waals surface area (Å²) in [5, 5.41) is 3.29. The molecule has 0 unspecified atom stereocenters. The van der Waals surface area contributed by atoms with Gasteiger partial charge in [-0.05, 0) is 24.6 Å². The second-order valence-electron chi connectivity index (χ2n) is 4.35. The summed E-state index contributed by atoms with van der Waals surface area (Å²) in [5.41, 5.74) is 6.80. The van der Waals surface area contributed by atoms with Crippen LogP contribution in [0, 0.1) is 0 Å². The zero-order valence-electron chi connectivity index (χ0n) is 11.2. The van der Waals surface area contributed by atoms with Crippen LogP contribution in [0.4, 0.5) is 11.4 Å². The average Bonchev–Trinajstić information content (AvgIpc) is 2.37. The van der Waals surface area contributed by atoms with Gasteiger partial charge in [0.2, 0.25) is 5.91 Å². The van der Waals surface area contributed by atoms with Gasteiger partial charge in [-0.2, -0.15) is 0 Å². The third kappa shape index (κ3) is 6.45. The van der Waals surface area contributed by atoms with Crippen LogP contribution >= 0.6 is 11.6 Å². The SMILES string of the molecule is CCCCCOCCC(=O)Nc1ccc(Cl)cc1N. The van der Waals surface area contributed by atoms with Crippen molar-refractivity contribution >= 4 is 28.9 Å². The van der Waals surface area contributed by atoms with E-state index >= 15 is 0 Å². The number of nitrogen functional groups attached to an aromatic ring is 1. The maximum atomic E-state index is 11.7. The Labute approximate surface area is 119 Å². The second-order valence-corrected chi connectivity index (χ2v) is 4.79. The highest BCUT2D eigenvalue weighted by Crippen LogP contribution is 2.22. The number of nitrogens with two attached hydrogens (primary N) is 1. The van der Waals surface area contributed by atoms with Crippen molar-refractivity contribution in [3.63, 3.8) is 0 Å². The number of halogens is 1. The van der Waals surface area contributed by atoms with Crippen LogP contribution in [0.25, 0.3) is 0 Å². The zero-order chi connectivity index (χ0) is 14.1. The molecular formula is C14H21ClN2O2. The van der Waals surface area contributed by atoms with Gasteiger partial charge in [0.25, 0.3) is 0 Å². The Morgan fingerprint density at radius 1 is 1.37 bits per heavy atom. The number of carbonyl (C=O) groups is 1. The van der Waals surface area contributed by atoms with Gasteiger partial charge in [0, 0.05) is 11.6 Å². The first-order valence-corrected chi connectivity index (χ1v) is 6.94. The van der Waals surface area contributed by atoms with Gasteiger partial charge in [-0.25, -0.2) is 0 Å². The van der Waals surface area contributed by atoms with E-state index in [-0.39, 0.29) is 5.91 Å². The van der Waals surface area contributed by atoms with Gasteiger partial charge < -0.3 is 15.8 Å². The number of nitrogens with one attached hydrogen (secondary N) is 1. The molecular weight excluding hydrogens is 264 g/mol. The number of anilines is 2. The zero-order valence-corrected chi connectivity index (χ0v) is 12.0. The quantitative estimate of drug-likeness (QED) is 0.567. The first-order chi connectivity index (χ1) is 9.13.